The summed E-state index contributed by atoms with van der Waals surface area (Å²) in [6, 6.07) is 7.59. The second-order valence-electron chi connectivity index (χ2n) is 3.46. The third-order valence-electron chi connectivity index (χ3n) is 2.42. The summed E-state index contributed by atoms with van der Waals surface area (Å²) in [6.07, 6.45) is -0.546. The topological polar surface area (TPSA) is 67.6 Å². The first-order chi connectivity index (χ1) is 7.22. The summed E-state index contributed by atoms with van der Waals surface area (Å²) in [7, 11) is 1.91. The van der Waals surface area contributed by atoms with E-state index in [4.69, 9.17) is 10.6 Å². The van der Waals surface area contributed by atoms with Crippen LogP contribution >= 0.6 is 0 Å². The molecule has 1 heterocycles. The number of anilines is 1. The molecular weight excluding hydrogens is 194 g/mol. The van der Waals surface area contributed by atoms with Crippen LogP contribution in [0.1, 0.15) is 0 Å². The Balaban J connectivity index is 2.26. The molecule has 0 saturated carbocycles. The quantitative estimate of drug-likeness (QED) is 0.382. The Hall–Kier alpha value is -1.75. The van der Waals surface area contributed by atoms with Crippen LogP contribution in [-0.2, 0) is 4.79 Å². The van der Waals surface area contributed by atoms with Crippen LogP contribution in [-0.4, -0.2) is 25.6 Å². The number of benzene rings is 1. The van der Waals surface area contributed by atoms with Gasteiger partial charge < -0.3 is 9.64 Å². The Kier molecular flexibility index (Phi) is 2.47. The molecule has 0 aromatic heterocycles. The zero-order chi connectivity index (χ0) is 10.8. The number of carbonyl (C=O) groups is 1. The number of nitrogens with two attached hydrogens (primary N) is 1. The fourth-order valence-electron chi connectivity index (χ4n) is 1.64. The molecule has 0 radical (unpaired) electrons. The van der Waals surface area contributed by atoms with Gasteiger partial charge in [0, 0.05) is 7.05 Å². The van der Waals surface area contributed by atoms with E-state index in [-0.39, 0.29) is 5.91 Å². The zero-order valence-corrected chi connectivity index (χ0v) is 8.43. The minimum Gasteiger partial charge on any atom is -0.476 e. The standard InChI is InChI=1S/C10H13N3O2/c1-13-6-9(10(14)12-11)15-8-5-3-2-4-7(8)13/h2-5,9H,6,11H2,1H3,(H,12,14)/t9-/m0/s1. The van der Waals surface area contributed by atoms with Crippen molar-refractivity contribution < 1.29 is 9.53 Å². The Labute approximate surface area is 87.8 Å². The van der Waals surface area contributed by atoms with Crippen molar-refractivity contribution in [2.24, 2.45) is 5.84 Å². The van der Waals surface area contributed by atoms with Crippen molar-refractivity contribution in [1.29, 1.82) is 0 Å². The molecule has 15 heavy (non-hydrogen) atoms. The van der Waals surface area contributed by atoms with Crippen molar-refractivity contribution in [1.82, 2.24) is 5.43 Å². The Morgan fingerprint density at radius 3 is 3.07 bits per heavy atom. The highest BCUT2D eigenvalue weighted by Gasteiger charge is 2.28. The second-order valence-corrected chi connectivity index (χ2v) is 3.46. The van der Waals surface area contributed by atoms with Crippen molar-refractivity contribution in [3.63, 3.8) is 0 Å². The Morgan fingerprint density at radius 1 is 1.60 bits per heavy atom. The van der Waals surface area contributed by atoms with E-state index in [0.29, 0.717) is 12.3 Å². The first-order valence-electron chi connectivity index (χ1n) is 4.69. The van der Waals surface area contributed by atoms with Crippen LogP contribution in [0.3, 0.4) is 0 Å². The molecule has 0 fully saturated rings. The van der Waals surface area contributed by atoms with Crippen LogP contribution in [0.4, 0.5) is 5.69 Å². The van der Waals surface area contributed by atoms with Crippen LogP contribution in [0.15, 0.2) is 24.3 Å². The van der Waals surface area contributed by atoms with E-state index >= 15 is 0 Å². The molecule has 1 aromatic rings. The SMILES string of the molecule is CN1C[C@@H](C(=O)NN)Oc2ccccc21. The lowest BCUT2D eigenvalue weighted by atomic mass is 10.2. The number of para-hydroxylation sites is 2. The molecule has 3 N–H and O–H groups in total. The van der Waals surface area contributed by atoms with Gasteiger partial charge in [0.05, 0.1) is 12.2 Å². The highest BCUT2D eigenvalue weighted by atomic mass is 16.5. The average molecular weight is 207 g/mol. The Morgan fingerprint density at radius 2 is 2.33 bits per heavy atom. The van der Waals surface area contributed by atoms with Gasteiger partial charge in [0.2, 0.25) is 0 Å². The fraction of sp³-hybridized carbons (Fsp3) is 0.300. The number of nitrogens with zero attached hydrogens (tertiary/aromatic N) is 1. The summed E-state index contributed by atoms with van der Waals surface area (Å²) >= 11 is 0. The van der Waals surface area contributed by atoms with Gasteiger partial charge in [-0.2, -0.15) is 0 Å². The number of ether oxygens (including phenoxy) is 1. The molecular formula is C10H13N3O2. The highest BCUT2D eigenvalue weighted by Crippen LogP contribution is 2.31. The number of rotatable bonds is 1. The minimum atomic E-state index is -0.546. The molecule has 0 saturated heterocycles. The van der Waals surface area contributed by atoms with E-state index in [1.807, 2.05) is 36.2 Å². The van der Waals surface area contributed by atoms with Gasteiger partial charge in [0.15, 0.2) is 6.10 Å². The van der Waals surface area contributed by atoms with Crippen molar-refractivity contribution >= 4 is 11.6 Å². The van der Waals surface area contributed by atoms with Crippen LogP contribution in [0.2, 0.25) is 0 Å². The van der Waals surface area contributed by atoms with Gasteiger partial charge in [-0.15, -0.1) is 0 Å². The van der Waals surface area contributed by atoms with E-state index in [1.54, 1.807) is 0 Å². The summed E-state index contributed by atoms with van der Waals surface area (Å²) in [6.45, 7) is 0.500. The predicted octanol–water partition coefficient (Wildman–Crippen LogP) is -0.126. The lowest BCUT2D eigenvalue weighted by Crippen LogP contribution is -2.49. The molecule has 0 aliphatic carbocycles. The maximum Gasteiger partial charge on any atom is 0.276 e. The summed E-state index contributed by atoms with van der Waals surface area (Å²) in [4.78, 5) is 13.3. The molecule has 2 rings (SSSR count). The number of hydrogen-bond acceptors (Lipinski definition) is 4. The number of nitrogens with one attached hydrogen (secondary N) is 1. The van der Waals surface area contributed by atoms with E-state index in [0.717, 1.165) is 5.69 Å². The monoisotopic (exact) mass is 207 g/mol. The van der Waals surface area contributed by atoms with Gasteiger partial charge in [-0.3, -0.25) is 10.2 Å². The molecule has 0 spiro atoms. The fourth-order valence-corrected chi connectivity index (χ4v) is 1.64. The minimum absolute atomic E-state index is 0.309. The first kappa shape index (κ1) is 9.79. The second kappa shape index (κ2) is 3.78. The molecule has 1 amide bonds. The normalized spacial score (nSPS) is 19.1. The summed E-state index contributed by atoms with van der Waals surface area (Å²) in [5.74, 6) is 5.47. The summed E-state index contributed by atoms with van der Waals surface area (Å²) in [5, 5.41) is 0. The zero-order valence-electron chi connectivity index (χ0n) is 8.43. The number of carbonyl (C=O) groups excluding carboxylic acids is 1. The summed E-state index contributed by atoms with van der Waals surface area (Å²) in [5.41, 5.74) is 3.08. The predicted molar refractivity (Wildman–Crippen MR) is 56.5 cm³/mol. The van der Waals surface area contributed by atoms with Gasteiger partial charge in [-0.1, -0.05) is 12.1 Å². The van der Waals surface area contributed by atoms with Crippen LogP contribution in [0.25, 0.3) is 0 Å². The van der Waals surface area contributed by atoms with E-state index in [9.17, 15) is 4.79 Å². The van der Waals surface area contributed by atoms with Crippen LogP contribution in [0, 0.1) is 0 Å². The highest BCUT2D eigenvalue weighted by molar-refractivity contribution is 5.82. The third-order valence-corrected chi connectivity index (χ3v) is 2.42. The number of fused-ring (bicyclic) bond motifs is 1. The van der Waals surface area contributed by atoms with Gasteiger partial charge in [0.25, 0.3) is 5.91 Å². The van der Waals surface area contributed by atoms with Crippen molar-refractivity contribution in [2.75, 3.05) is 18.5 Å². The smallest absolute Gasteiger partial charge is 0.276 e. The first-order valence-corrected chi connectivity index (χ1v) is 4.69. The van der Waals surface area contributed by atoms with E-state index in [2.05, 4.69) is 5.43 Å². The third kappa shape index (κ3) is 1.73. The van der Waals surface area contributed by atoms with E-state index < -0.39 is 6.10 Å². The van der Waals surface area contributed by atoms with Crippen LogP contribution < -0.4 is 20.9 Å². The lowest BCUT2D eigenvalue weighted by Gasteiger charge is -2.32. The van der Waals surface area contributed by atoms with Crippen LogP contribution in [0.5, 0.6) is 5.75 Å². The molecule has 1 atom stereocenters. The van der Waals surface area contributed by atoms with Gasteiger partial charge >= 0.3 is 0 Å². The lowest BCUT2D eigenvalue weighted by molar-refractivity contribution is -0.127. The number of hydrogen-bond donors (Lipinski definition) is 2. The maximum absolute atomic E-state index is 11.3. The molecule has 0 bridgehead atoms. The molecule has 5 heteroatoms. The van der Waals surface area contributed by atoms with Crippen molar-refractivity contribution in [3.05, 3.63) is 24.3 Å². The molecule has 0 unspecified atom stereocenters. The molecule has 1 aromatic carbocycles. The van der Waals surface area contributed by atoms with Gasteiger partial charge in [0.1, 0.15) is 5.75 Å². The number of likely N-dealkylation sites (N-methyl/N-ethyl adjacent to an activating group) is 1. The summed E-state index contributed by atoms with van der Waals surface area (Å²) < 4.78 is 5.52. The van der Waals surface area contributed by atoms with Gasteiger partial charge in [-0.05, 0) is 12.1 Å². The average Bonchev–Trinajstić information content (AvgIpc) is 2.28. The molecule has 5 nitrogen and oxygen atoms in total. The van der Waals surface area contributed by atoms with Crippen molar-refractivity contribution in [3.8, 4) is 5.75 Å². The molecule has 80 valence electrons. The maximum atomic E-state index is 11.3. The van der Waals surface area contributed by atoms with E-state index in [1.165, 1.54) is 0 Å². The van der Waals surface area contributed by atoms with Gasteiger partial charge in [-0.25, -0.2) is 5.84 Å². The Bertz CT molecular complexity index is 381. The largest absolute Gasteiger partial charge is 0.476 e. The number of hydrazine groups is 1. The van der Waals surface area contributed by atoms with Crippen molar-refractivity contribution in [2.45, 2.75) is 6.10 Å². The molecule has 1 aliphatic heterocycles. The molecule has 1 aliphatic rings. The number of amides is 1.